The minimum absolute atomic E-state index is 0.123. The topological polar surface area (TPSA) is 12.9 Å². The minimum atomic E-state index is -4.31. The van der Waals surface area contributed by atoms with Crippen LogP contribution in [0.1, 0.15) is 36.6 Å². The molecule has 1 rings (SSSR count). The van der Waals surface area contributed by atoms with Crippen LogP contribution < -0.4 is 0 Å². The SMILES string of the molecule is Cc1ccnc(C(C)C)c1C(F)(F)F. The van der Waals surface area contributed by atoms with Crippen molar-refractivity contribution in [2.75, 3.05) is 0 Å². The molecule has 1 heterocycles. The molecule has 0 saturated heterocycles. The molecule has 1 aromatic rings. The third-order valence-electron chi connectivity index (χ3n) is 2.02. The van der Waals surface area contributed by atoms with E-state index in [1.165, 1.54) is 19.2 Å². The molecule has 0 aliphatic carbocycles. The monoisotopic (exact) mass is 203 g/mol. The predicted molar refractivity (Wildman–Crippen MR) is 48.1 cm³/mol. The molecule has 78 valence electrons. The van der Waals surface area contributed by atoms with Crippen molar-refractivity contribution < 1.29 is 13.2 Å². The molecule has 0 aliphatic heterocycles. The van der Waals surface area contributed by atoms with Gasteiger partial charge in [-0.15, -0.1) is 0 Å². The van der Waals surface area contributed by atoms with Crippen LogP contribution in [-0.2, 0) is 6.18 Å². The van der Waals surface area contributed by atoms with E-state index in [1.807, 2.05) is 0 Å². The van der Waals surface area contributed by atoms with Crippen LogP contribution in [-0.4, -0.2) is 4.98 Å². The van der Waals surface area contributed by atoms with Gasteiger partial charge < -0.3 is 0 Å². The maximum absolute atomic E-state index is 12.6. The maximum atomic E-state index is 12.6. The van der Waals surface area contributed by atoms with E-state index in [1.54, 1.807) is 13.8 Å². The van der Waals surface area contributed by atoms with Crippen molar-refractivity contribution in [3.05, 3.63) is 29.1 Å². The smallest absolute Gasteiger partial charge is 0.260 e. The average molecular weight is 203 g/mol. The molecule has 4 heteroatoms. The Kier molecular flexibility index (Phi) is 2.83. The number of halogens is 3. The zero-order valence-corrected chi connectivity index (χ0v) is 8.31. The van der Waals surface area contributed by atoms with Crippen molar-refractivity contribution >= 4 is 0 Å². The van der Waals surface area contributed by atoms with Crippen LogP contribution in [0.15, 0.2) is 12.3 Å². The molecule has 0 aromatic carbocycles. The number of alkyl halides is 3. The van der Waals surface area contributed by atoms with E-state index in [0.29, 0.717) is 0 Å². The summed E-state index contributed by atoms with van der Waals surface area (Å²) in [7, 11) is 0. The Hall–Kier alpha value is -1.06. The third-order valence-corrected chi connectivity index (χ3v) is 2.02. The Balaban J connectivity index is 3.38. The average Bonchev–Trinajstić information content (AvgIpc) is 2.01. The second-order valence-electron chi connectivity index (χ2n) is 3.54. The van der Waals surface area contributed by atoms with Crippen LogP contribution in [0.3, 0.4) is 0 Å². The fourth-order valence-electron chi connectivity index (χ4n) is 1.39. The molecule has 0 aliphatic rings. The van der Waals surface area contributed by atoms with Gasteiger partial charge in [-0.2, -0.15) is 13.2 Å². The van der Waals surface area contributed by atoms with E-state index in [-0.39, 0.29) is 17.2 Å². The summed E-state index contributed by atoms with van der Waals surface area (Å²) in [5.41, 5.74) is -0.233. The summed E-state index contributed by atoms with van der Waals surface area (Å²) in [5.74, 6) is -0.216. The first-order valence-electron chi connectivity index (χ1n) is 4.36. The number of hydrogen-bond acceptors (Lipinski definition) is 1. The third kappa shape index (κ3) is 2.05. The van der Waals surface area contributed by atoms with Crippen LogP contribution >= 0.6 is 0 Å². The van der Waals surface area contributed by atoms with E-state index in [9.17, 15) is 13.2 Å². The van der Waals surface area contributed by atoms with Gasteiger partial charge in [0.25, 0.3) is 0 Å². The summed E-state index contributed by atoms with van der Waals surface area (Å²) in [5, 5.41) is 0. The Bertz CT molecular complexity index is 329. The second-order valence-corrected chi connectivity index (χ2v) is 3.54. The van der Waals surface area contributed by atoms with Gasteiger partial charge in [0.15, 0.2) is 0 Å². The summed E-state index contributed by atoms with van der Waals surface area (Å²) in [6, 6.07) is 1.38. The number of hydrogen-bond donors (Lipinski definition) is 0. The molecule has 0 unspecified atom stereocenters. The van der Waals surface area contributed by atoms with Crippen LogP contribution in [0, 0.1) is 6.92 Å². The second kappa shape index (κ2) is 3.59. The van der Waals surface area contributed by atoms with Crippen molar-refractivity contribution in [3.8, 4) is 0 Å². The van der Waals surface area contributed by atoms with Crippen molar-refractivity contribution in [3.63, 3.8) is 0 Å². The van der Waals surface area contributed by atoms with Gasteiger partial charge in [-0.3, -0.25) is 4.98 Å². The van der Waals surface area contributed by atoms with Gasteiger partial charge in [-0.1, -0.05) is 13.8 Å². The Labute approximate surface area is 81.0 Å². The number of pyridine rings is 1. The zero-order chi connectivity index (χ0) is 10.9. The van der Waals surface area contributed by atoms with Gasteiger partial charge in [0.05, 0.1) is 11.3 Å². The number of aromatic nitrogens is 1. The summed E-state index contributed by atoms with van der Waals surface area (Å²) in [4.78, 5) is 3.79. The van der Waals surface area contributed by atoms with Crippen LogP contribution in [0.4, 0.5) is 13.2 Å². The maximum Gasteiger partial charge on any atom is 0.418 e. The van der Waals surface area contributed by atoms with Crippen molar-refractivity contribution in [1.29, 1.82) is 0 Å². The number of aryl methyl sites for hydroxylation is 1. The highest BCUT2D eigenvalue weighted by Crippen LogP contribution is 2.35. The first-order valence-corrected chi connectivity index (χ1v) is 4.36. The highest BCUT2D eigenvalue weighted by atomic mass is 19.4. The largest absolute Gasteiger partial charge is 0.418 e. The van der Waals surface area contributed by atoms with Crippen molar-refractivity contribution in [2.45, 2.75) is 32.9 Å². The van der Waals surface area contributed by atoms with E-state index in [2.05, 4.69) is 4.98 Å². The molecule has 0 atom stereocenters. The molecular formula is C10H12F3N. The van der Waals surface area contributed by atoms with E-state index in [0.717, 1.165) is 0 Å². The molecule has 1 aromatic heterocycles. The summed E-state index contributed by atoms with van der Waals surface area (Å²) in [6.07, 6.45) is -2.89. The number of rotatable bonds is 1. The molecule has 0 amide bonds. The van der Waals surface area contributed by atoms with Gasteiger partial charge in [-0.25, -0.2) is 0 Å². The molecule has 0 N–H and O–H groups in total. The van der Waals surface area contributed by atoms with E-state index < -0.39 is 11.7 Å². The summed E-state index contributed by atoms with van der Waals surface area (Å²) < 4.78 is 37.9. The normalized spacial score (nSPS) is 12.2. The van der Waals surface area contributed by atoms with Gasteiger partial charge in [0.2, 0.25) is 0 Å². The van der Waals surface area contributed by atoms with Crippen LogP contribution in [0.25, 0.3) is 0 Å². The molecule has 0 bridgehead atoms. The lowest BCUT2D eigenvalue weighted by Crippen LogP contribution is -2.13. The fraction of sp³-hybridized carbons (Fsp3) is 0.500. The molecule has 0 radical (unpaired) electrons. The van der Waals surface area contributed by atoms with Crippen LogP contribution in [0.2, 0.25) is 0 Å². The molecule has 0 saturated carbocycles. The Morgan fingerprint density at radius 3 is 2.21 bits per heavy atom. The van der Waals surface area contributed by atoms with Gasteiger partial charge >= 0.3 is 6.18 Å². The van der Waals surface area contributed by atoms with Gasteiger partial charge in [0, 0.05) is 6.20 Å². The van der Waals surface area contributed by atoms with Gasteiger partial charge in [0.1, 0.15) is 0 Å². The Morgan fingerprint density at radius 1 is 1.29 bits per heavy atom. The standard InChI is InChI=1S/C10H12F3N/c1-6(2)9-8(10(11,12)13)7(3)4-5-14-9/h4-6H,1-3H3. The lowest BCUT2D eigenvalue weighted by atomic mass is 9.99. The molecule has 0 spiro atoms. The minimum Gasteiger partial charge on any atom is -0.260 e. The highest BCUT2D eigenvalue weighted by Gasteiger charge is 2.36. The number of nitrogens with zero attached hydrogens (tertiary/aromatic N) is 1. The predicted octanol–water partition coefficient (Wildman–Crippen LogP) is 3.53. The first kappa shape index (κ1) is 11.0. The van der Waals surface area contributed by atoms with Crippen molar-refractivity contribution in [2.24, 2.45) is 0 Å². The molecule has 14 heavy (non-hydrogen) atoms. The molecular weight excluding hydrogens is 191 g/mol. The van der Waals surface area contributed by atoms with Gasteiger partial charge in [-0.05, 0) is 24.5 Å². The van der Waals surface area contributed by atoms with Crippen molar-refractivity contribution in [1.82, 2.24) is 4.98 Å². The van der Waals surface area contributed by atoms with E-state index in [4.69, 9.17) is 0 Å². The lowest BCUT2D eigenvalue weighted by molar-refractivity contribution is -0.139. The van der Waals surface area contributed by atoms with Crippen LogP contribution in [0.5, 0.6) is 0 Å². The Morgan fingerprint density at radius 2 is 1.86 bits per heavy atom. The molecule has 0 fully saturated rings. The fourth-order valence-corrected chi connectivity index (χ4v) is 1.39. The molecule has 1 nitrogen and oxygen atoms in total. The lowest BCUT2D eigenvalue weighted by Gasteiger charge is -2.16. The quantitative estimate of drug-likeness (QED) is 0.680. The summed E-state index contributed by atoms with van der Waals surface area (Å²) in [6.45, 7) is 4.87. The zero-order valence-electron chi connectivity index (χ0n) is 8.31. The first-order chi connectivity index (χ1) is 6.34. The van der Waals surface area contributed by atoms with E-state index >= 15 is 0 Å². The summed E-state index contributed by atoms with van der Waals surface area (Å²) >= 11 is 0. The highest BCUT2D eigenvalue weighted by molar-refractivity contribution is 5.33.